The van der Waals surface area contributed by atoms with Crippen LogP contribution in [0.25, 0.3) is 5.69 Å². The van der Waals surface area contributed by atoms with Crippen molar-refractivity contribution < 1.29 is 9.21 Å². The maximum absolute atomic E-state index is 13.2. The van der Waals surface area contributed by atoms with Gasteiger partial charge in [0.25, 0.3) is 5.91 Å². The van der Waals surface area contributed by atoms with Crippen molar-refractivity contribution in [2.45, 2.75) is 24.5 Å². The number of furan rings is 1. The number of rotatable bonds is 6. The summed E-state index contributed by atoms with van der Waals surface area (Å²) in [5.74, 6) is 0.649. The lowest BCUT2D eigenvalue weighted by Crippen LogP contribution is -2.28. The number of nitrogens with zero attached hydrogens (tertiary/aromatic N) is 6. The second-order valence-corrected chi connectivity index (χ2v) is 8.85. The van der Waals surface area contributed by atoms with E-state index in [1.165, 1.54) is 16.8 Å². The van der Waals surface area contributed by atoms with E-state index in [2.05, 4.69) is 20.6 Å². The highest BCUT2D eigenvalue weighted by Gasteiger charge is 2.35. The lowest BCUT2D eigenvalue weighted by atomic mass is 10.0. The van der Waals surface area contributed by atoms with Crippen molar-refractivity contribution >= 4 is 35.0 Å². The first-order valence-electron chi connectivity index (χ1n) is 10.3. The van der Waals surface area contributed by atoms with Crippen LogP contribution >= 0.6 is 23.4 Å². The normalized spacial score (nSPS) is 15.6. The molecule has 166 valence electrons. The van der Waals surface area contributed by atoms with E-state index in [-0.39, 0.29) is 17.7 Å². The second-order valence-electron chi connectivity index (χ2n) is 7.48. The highest BCUT2D eigenvalue weighted by Crippen LogP contribution is 2.34. The standard InChI is InChI=1S/C23H19ClN6O2S/c1-15-5-2-3-6-19(15)30-23(25-27-28-30)33-14-22(31)29-20(21-7-4-12-32-21)13-18(26-29)16-8-10-17(24)11-9-16/h2-12,20H,13-14H2,1H3/t20-/m0/s1. The van der Waals surface area contributed by atoms with E-state index in [4.69, 9.17) is 16.0 Å². The molecule has 0 unspecified atom stereocenters. The molecular weight excluding hydrogens is 460 g/mol. The van der Waals surface area contributed by atoms with E-state index in [9.17, 15) is 4.79 Å². The molecule has 0 fully saturated rings. The van der Waals surface area contributed by atoms with Gasteiger partial charge in [0.05, 0.1) is 23.4 Å². The zero-order valence-electron chi connectivity index (χ0n) is 17.6. The molecule has 0 spiro atoms. The molecule has 0 N–H and O–H groups in total. The summed E-state index contributed by atoms with van der Waals surface area (Å²) in [5.41, 5.74) is 3.63. The number of halogens is 1. The van der Waals surface area contributed by atoms with Gasteiger partial charge in [0.1, 0.15) is 11.8 Å². The molecule has 0 aliphatic carbocycles. The minimum atomic E-state index is -0.314. The molecule has 0 saturated carbocycles. The SMILES string of the molecule is Cc1ccccc1-n1nnnc1SCC(=O)N1N=C(c2ccc(Cl)cc2)C[C@H]1c1ccco1. The Kier molecular flexibility index (Phi) is 5.97. The van der Waals surface area contributed by atoms with Gasteiger partial charge in [-0.1, -0.05) is 53.7 Å². The Labute approximate surface area is 199 Å². The quantitative estimate of drug-likeness (QED) is 0.373. The van der Waals surface area contributed by atoms with E-state index >= 15 is 0 Å². The summed E-state index contributed by atoms with van der Waals surface area (Å²) in [6.07, 6.45) is 2.15. The first-order valence-corrected chi connectivity index (χ1v) is 11.6. The highest BCUT2D eigenvalue weighted by atomic mass is 35.5. The summed E-state index contributed by atoms with van der Waals surface area (Å²) in [5, 5.41) is 19.3. The number of benzene rings is 2. The fourth-order valence-electron chi connectivity index (χ4n) is 3.67. The summed E-state index contributed by atoms with van der Waals surface area (Å²) in [4.78, 5) is 13.2. The van der Waals surface area contributed by atoms with Crippen molar-refractivity contribution in [1.29, 1.82) is 0 Å². The Morgan fingerprint density at radius 2 is 1.97 bits per heavy atom. The molecule has 0 saturated heterocycles. The second kappa shape index (κ2) is 9.21. The van der Waals surface area contributed by atoms with Crippen LogP contribution in [0.3, 0.4) is 0 Å². The first kappa shape index (κ1) is 21.4. The van der Waals surface area contributed by atoms with Gasteiger partial charge >= 0.3 is 0 Å². The number of amides is 1. The Morgan fingerprint density at radius 1 is 1.15 bits per heavy atom. The highest BCUT2D eigenvalue weighted by molar-refractivity contribution is 7.99. The van der Waals surface area contributed by atoms with Crippen molar-refractivity contribution in [3.05, 3.63) is 88.8 Å². The lowest BCUT2D eigenvalue weighted by Gasteiger charge is -2.19. The molecule has 1 atom stereocenters. The predicted octanol–water partition coefficient (Wildman–Crippen LogP) is 4.69. The summed E-state index contributed by atoms with van der Waals surface area (Å²) >= 11 is 7.29. The van der Waals surface area contributed by atoms with Crippen LogP contribution in [0.5, 0.6) is 0 Å². The average Bonchev–Trinajstić information content (AvgIpc) is 3.59. The number of aryl methyl sites for hydroxylation is 1. The van der Waals surface area contributed by atoms with Gasteiger partial charge in [-0.15, -0.1) is 5.10 Å². The third-order valence-electron chi connectivity index (χ3n) is 5.32. The van der Waals surface area contributed by atoms with Crippen LogP contribution in [0.4, 0.5) is 0 Å². The molecule has 5 rings (SSSR count). The number of tetrazole rings is 1. The van der Waals surface area contributed by atoms with Gasteiger partial charge in [0, 0.05) is 11.4 Å². The molecule has 0 radical (unpaired) electrons. The smallest absolute Gasteiger partial charge is 0.253 e. The van der Waals surface area contributed by atoms with Crippen LogP contribution in [-0.4, -0.2) is 42.6 Å². The van der Waals surface area contributed by atoms with Crippen LogP contribution in [0.15, 0.2) is 81.6 Å². The predicted molar refractivity (Wildman–Crippen MR) is 126 cm³/mol. The number of para-hydroxylation sites is 1. The van der Waals surface area contributed by atoms with E-state index < -0.39 is 0 Å². The van der Waals surface area contributed by atoms with E-state index in [1.54, 1.807) is 10.9 Å². The number of hydrazone groups is 1. The number of aromatic nitrogens is 4. The van der Waals surface area contributed by atoms with Crippen LogP contribution in [0.1, 0.15) is 29.3 Å². The molecule has 0 bridgehead atoms. The zero-order valence-corrected chi connectivity index (χ0v) is 19.2. The molecule has 10 heteroatoms. The van der Waals surface area contributed by atoms with E-state index in [1.807, 2.05) is 67.6 Å². The summed E-state index contributed by atoms with van der Waals surface area (Å²) in [6.45, 7) is 1.99. The third kappa shape index (κ3) is 4.42. The van der Waals surface area contributed by atoms with Crippen molar-refractivity contribution in [1.82, 2.24) is 25.2 Å². The fraction of sp³-hybridized carbons (Fsp3) is 0.174. The molecule has 4 aromatic rings. The first-order chi connectivity index (χ1) is 16.1. The number of thioether (sulfide) groups is 1. The van der Waals surface area contributed by atoms with Gasteiger partial charge in [0.15, 0.2) is 0 Å². The largest absolute Gasteiger partial charge is 0.467 e. The molecule has 8 nitrogen and oxygen atoms in total. The minimum Gasteiger partial charge on any atom is -0.467 e. The van der Waals surface area contributed by atoms with Gasteiger partial charge in [0.2, 0.25) is 5.16 Å². The minimum absolute atomic E-state index is 0.126. The van der Waals surface area contributed by atoms with Gasteiger partial charge in [-0.3, -0.25) is 4.79 Å². The Morgan fingerprint density at radius 3 is 2.73 bits per heavy atom. The van der Waals surface area contributed by atoms with Gasteiger partial charge in [-0.25, -0.2) is 5.01 Å². The molecule has 1 aliphatic heterocycles. The van der Waals surface area contributed by atoms with Crippen LogP contribution in [-0.2, 0) is 4.79 Å². The molecule has 33 heavy (non-hydrogen) atoms. The monoisotopic (exact) mass is 478 g/mol. The molecule has 2 aromatic carbocycles. The number of carbonyl (C=O) groups excluding carboxylic acids is 1. The Hall–Kier alpha value is -3.43. The number of carbonyl (C=O) groups is 1. The van der Waals surface area contributed by atoms with E-state index in [0.717, 1.165) is 22.5 Å². The third-order valence-corrected chi connectivity index (χ3v) is 6.48. The van der Waals surface area contributed by atoms with Crippen molar-refractivity contribution in [2.75, 3.05) is 5.75 Å². The number of hydrogen-bond donors (Lipinski definition) is 0. The summed E-state index contributed by atoms with van der Waals surface area (Å²) in [6, 6.07) is 18.6. The van der Waals surface area contributed by atoms with Crippen LogP contribution in [0.2, 0.25) is 5.02 Å². The van der Waals surface area contributed by atoms with Crippen molar-refractivity contribution in [2.24, 2.45) is 5.10 Å². The lowest BCUT2D eigenvalue weighted by molar-refractivity contribution is -0.130. The Balaban J connectivity index is 1.37. The van der Waals surface area contributed by atoms with Crippen molar-refractivity contribution in [3.63, 3.8) is 0 Å². The molecule has 3 heterocycles. The Bertz CT molecular complexity index is 1300. The van der Waals surface area contributed by atoms with Crippen molar-refractivity contribution in [3.8, 4) is 5.69 Å². The fourth-order valence-corrected chi connectivity index (χ4v) is 4.54. The molecule has 2 aromatic heterocycles. The maximum Gasteiger partial charge on any atom is 0.253 e. The molecule has 1 aliphatic rings. The average molecular weight is 479 g/mol. The van der Waals surface area contributed by atoms with Crippen LogP contribution in [0, 0.1) is 6.92 Å². The van der Waals surface area contributed by atoms with Gasteiger partial charge in [-0.2, -0.15) is 9.78 Å². The number of hydrogen-bond acceptors (Lipinski definition) is 7. The topological polar surface area (TPSA) is 89.4 Å². The van der Waals surface area contributed by atoms with Gasteiger partial charge < -0.3 is 4.42 Å². The van der Waals surface area contributed by atoms with E-state index in [0.29, 0.717) is 22.4 Å². The summed E-state index contributed by atoms with van der Waals surface area (Å²) in [7, 11) is 0. The molecule has 1 amide bonds. The summed E-state index contributed by atoms with van der Waals surface area (Å²) < 4.78 is 7.25. The van der Waals surface area contributed by atoms with Crippen LogP contribution < -0.4 is 0 Å². The zero-order chi connectivity index (χ0) is 22.8. The van der Waals surface area contributed by atoms with Gasteiger partial charge in [-0.05, 0) is 58.8 Å². The maximum atomic E-state index is 13.2. The molecular formula is C23H19ClN6O2S.